The molecule has 0 fully saturated rings. The van der Waals surface area contributed by atoms with Crippen LogP contribution in [-0.2, 0) is 17.6 Å². The molecule has 1 N–H and O–H groups in total. The van der Waals surface area contributed by atoms with Gasteiger partial charge in [-0.1, -0.05) is 48.5 Å². The van der Waals surface area contributed by atoms with Crippen LogP contribution in [0.2, 0.25) is 0 Å². The van der Waals surface area contributed by atoms with Crippen molar-refractivity contribution in [1.29, 1.82) is 0 Å². The maximum absolute atomic E-state index is 12.2. The Hall–Kier alpha value is -2.29. The van der Waals surface area contributed by atoms with Gasteiger partial charge in [-0.05, 0) is 43.4 Å². The molecule has 1 aliphatic rings. The Bertz CT molecular complexity index is 654. The van der Waals surface area contributed by atoms with Gasteiger partial charge < -0.3 is 10.2 Å². The van der Waals surface area contributed by atoms with E-state index < -0.39 is 0 Å². The lowest BCUT2D eigenvalue weighted by Gasteiger charge is -2.24. The quantitative estimate of drug-likeness (QED) is 0.831. The SMILES string of the molecule is C[C@@H]1Cc2ccccc2N1CC(=O)NCCCc1ccccc1. The number of nitrogens with zero attached hydrogens (tertiary/aromatic N) is 1. The topological polar surface area (TPSA) is 32.3 Å². The third kappa shape index (κ3) is 3.92. The summed E-state index contributed by atoms with van der Waals surface area (Å²) in [4.78, 5) is 14.4. The minimum Gasteiger partial charge on any atom is -0.359 e. The van der Waals surface area contributed by atoms with Gasteiger partial charge in [0.2, 0.25) is 5.91 Å². The third-order valence-corrected chi connectivity index (χ3v) is 4.47. The second kappa shape index (κ2) is 7.32. The van der Waals surface area contributed by atoms with E-state index in [-0.39, 0.29) is 5.91 Å². The summed E-state index contributed by atoms with van der Waals surface area (Å²) in [6, 6.07) is 19.2. The van der Waals surface area contributed by atoms with Gasteiger partial charge in [-0.2, -0.15) is 0 Å². The highest BCUT2D eigenvalue weighted by molar-refractivity contribution is 5.82. The summed E-state index contributed by atoms with van der Waals surface area (Å²) < 4.78 is 0. The molecule has 3 heteroatoms. The largest absolute Gasteiger partial charge is 0.359 e. The molecule has 0 bridgehead atoms. The van der Waals surface area contributed by atoms with Crippen LogP contribution < -0.4 is 10.2 Å². The van der Waals surface area contributed by atoms with Crippen LogP contribution in [-0.4, -0.2) is 25.0 Å². The molecule has 3 nitrogen and oxygen atoms in total. The zero-order chi connectivity index (χ0) is 16.1. The van der Waals surface area contributed by atoms with Crippen LogP contribution in [0.25, 0.3) is 0 Å². The molecule has 2 aromatic carbocycles. The molecule has 0 unspecified atom stereocenters. The highest BCUT2D eigenvalue weighted by Crippen LogP contribution is 2.31. The van der Waals surface area contributed by atoms with Crippen LogP contribution in [0.3, 0.4) is 0 Å². The molecule has 0 radical (unpaired) electrons. The van der Waals surface area contributed by atoms with Crippen molar-refractivity contribution >= 4 is 11.6 Å². The van der Waals surface area contributed by atoms with Crippen molar-refractivity contribution in [3.63, 3.8) is 0 Å². The molecule has 2 aromatic rings. The van der Waals surface area contributed by atoms with Crippen molar-refractivity contribution in [2.75, 3.05) is 18.0 Å². The fraction of sp³-hybridized carbons (Fsp3) is 0.350. The van der Waals surface area contributed by atoms with Gasteiger partial charge in [0.05, 0.1) is 6.54 Å². The number of hydrogen-bond acceptors (Lipinski definition) is 2. The van der Waals surface area contributed by atoms with E-state index in [4.69, 9.17) is 0 Å². The lowest BCUT2D eigenvalue weighted by atomic mass is 10.1. The molecule has 0 saturated carbocycles. The molecule has 0 aromatic heterocycles. The van der Waals surface area contributed by atoms with Crippen molar-refractivity contribution in [3.8, 4) is 0 Å². The normalized spacial score (nSPS) is 16.2. The number of fused-ring (bicyclic) bond motifs is 1. The van der Waals surface area contributed by atoms with Crippen molar-refractivity contribution in [2.45, 2.75) is 32.2 Å². The Labute approximate surface area is 138 Å². The van der Waals surface area contributed by atoms with E-state index in [0.717, 1.165) is 25.8 Å². The van der Waals surface area contributed by atoms with Gasteiger partial charge >= 0.3 is 0 Å². The van der Waals surface area contributed by atoms with E-state index in [1.807, 2.05) is 12.1 Å². The summed E-state index contributed by atoms with van der Waals surface area (Å²) in [6.07, 6.45) is 3.00. The summed E-state index contributed by atoms with van der Waals surface area (Å²) in [5.74, 6) is 0.113. The van der Waals surface area contributed by atoms with Gasteiger partial charge in [0.25, 0.3) is 0 Å². The van der Waals surface area contributed by atoms with E-state index in [1.165, 1.54) is 16.8 Å². The summed E-state index contributed by atoms with van der Waals surface area (Å²) in [5, 5.41) is 3.05. The molecule has 1 aliphatic heterocycles. The van der Waals surface area contributed by atoms with E-state index in [9.17, 15) is 4.79 Å². The van der Waals surface area contributed by atoms with Crippen LogP contribution in [0.4, 0.5) is 5.69 Å². The first kappa shape index (κ1) is 15.6. The highest BCUT2D eigenvalue weighted by Gasteiger charge is 2.26. The number of carbonyl (C=O) groups is 1. The number of hydrogen-bond donors (Lipinski definition) is 1. The first-order valence-electron chi connectivity index (χ1n) is 8.39. The fourth-order valence-corrected chi connectivity index (χ4v) is 3.25. The third-order valence-electron chi connectivity index (χ3n) is 4.47. The zero-order valence-electron chi connectivity index (χ0n) is 13.7. The smallest absolute Gasteiger partial charge is 0.239 e. The summed E-state index contributed by atoms with van der Waals surface area (Å²) in [6.45, 7) is 3.36. The predicted octanol–water partition coefficient (Wildman–Crippen LogP) is 3.19. The molecule has 1 amide bonds. The van der Waals surface area contributed by atoms with E-state index in [0.29, 0.717) is 12.6 Å². The Balaban J connectivity index is 1.45. The van der Waals surface area contributed by atoms with Gasteiger partial charge in [-0.3, -0.25) is 4.79 Å². The molecule has 0 spiro atoms. The zero-order valence-corrected chi connectivity index (χ0v) is 13.7. The predicted molar refractivity (Wildman–Crippen MR) is 94.7 cm³/mol. The monoisotopic (exact) mass is 308 g/mol. The molecule has 1 atom stereocenters. The number of aryl methyl sites for hydroxylation is 1. The molecule has 0 saturated heterocycles. The lowest BCUT2D eigenvalue weighted by molar-refractivity contribution is -0.119. The highest BCUT2D eigenvalue weighted by atomic mass is 16.2. The molecule has 3 rings (SSSR count). The molecule has 1 heterocycles. The number of anilines is 1. The Kier molecular flexibility index (Phi) is 4.96. The van der Waals surface area contributed by atoms with Gasteiger partial charge in [-0.25, -0.2) is 0 Å². The number of amides is 1. The van der Waals surface area contributed by atoms with E-state index in [1.54, 1.807) is 0 Å². The van der Waals surface area contributed by atoms with Crippen LogP contribution in [0.1, 0.15) is 24.5 Å². The van der Waals surface area contributed by atoms with Crippen molar-refractivity contribution < 1.29 is 4.79 Å². The number of nitrogens with one attached hydrogen (secondary N) is 1. The maximum atomic E-state index is 12.2. The average molecular weight is 308 g/mol. The molecule has 0 aliphatic carbocycles. The second-order valence-corrected chi connectivity index (χ2v) is 6.25. The minimum atomic E-state index is 0.113. The lowest BCUT2D eigenvalue weighted by Crippen LogP contribution is -2.40. The van der Waals surface area contributed by atoms with Crippen molar-refractivity contribution in [2.24, 2.45) is 0 Å². The fourth-order valence-electron chi connectivity index (χ4n) is 3.25. The van der Waals surface area contributed by atoms with Crippen LogP contribution in [0.15, 0.2) is 54.6 Å². The first-order chi connectivity index (χ1) is 11.2. The average Bonchev–Trinajstić information content (AvgIpc) is 2.88. The van der Waals surface area contributed by atoms with Gasteiger partial charge in [0.1, 0.15) is 0 Å². The minimum absolute atomic E-state index is 0.113. The number of benzene rings is 2. The number of rotatable bonds is 6. The Morgan fingerprint density at radius 2 is 1.87 bits per heavy atom. The second-order valence-electron chi connectivity index (χ2n) is 6.25. The van der Waals surface area contributed by atoms with Gasteiger partial charge in [0, 0.05) is 18.3 Å². The van der Waals surface area contributed by atoms with Crippen molar-refractivity contribution in [1.82, 2.24) is 5.32 Å². The summed E-state index contributed by atoms with van der Waals surface area (Å²) in [7, 11) is 0. The van der Waals surface area contributed by atoms with Crippen LogP contribution in [0, 0.1) is 0 Å². The van der Waals surface area contributed by atoms with Crippen LogP contribution in [0.5, 0.6) is 0 Å². The van der Waals surface area contributed by atoms with E-state index >= 15 is 0 Å². The van der Waals surface area contributed by atoms with Crippen LogP contribution >= 0.6 is 0 Å². The molecule has 120 valence electrons. The van der Waals surface area contributed by atoms with Crippen molar-refractivity contribution in [3.05, 3.63) is 65.7 Å². The summed E-state index contributed by atoms with van der Waals surface area (Å²) in [5.41, 5.74) is 3.88. The Morgan fingerprint density at radius 3 is 2.70 bits per heavy atom. The maximum Gasteiger partial charge on any atom is 0.239 e. The Morgan fingerprint density at radius 1 is 1.13 bits per heavy atom. The van der Waals surface area contributed by atoms with E-state index in [2.05, 4.69) is 59.6 Å². The summed E-state index contributed by atoms with van der Waals surface area (Å²) >= 11 is 0. The first-order valence-corrected chi connectivity index (χ1v) is 8.39. The molecule has 23 heavy (non-hydrogen) atoms. The van der Waals surface area contributed by atoms with Gasteiger partial charge in [-0.15, -0.1) is 0 Å². The number of para-hydroxylation sites is 1. The molecular weight excluding hydrogens is 284 g/mol. The standard InChI is InChI=1S/C20H24N2O/c1-16-14-18-11-5-6-12-19(18)22(16)15-20(23)21-13-7-10-17-8-3-2-4-9-17/h2-6,8-9,11-12,16H,7,10,13-15H2,1H3,(H,21,23)/t16-/m1/s1. The van der Waals surface area contributed by atoms with Gasteiger partial charge in [0.15, 0.2) is 0 Å². The number of carbonyl (C=O) groups excluding carboxylic acids is 1. The molecular formula is C20H24N2O.